The van der Waals surface area contributed by atoms with Gasteiger partial charge in [-0.2, -0.15) is 5.26 Å². The first kappa shape index (κ1) is 16.1. The van der Waals surface area contributed by atoms with Gasteiger partial charge in [0, 0.05) is 22.4 Å². The Balaban J connectivity index is 2.06. The first-order valence-corrected chi connectivity index (χ1v) is 9.05. The van der Waals surface area contributed by atoms with Gasteiger partial charge in [0.2, 0.25) is 0 Å². The maximum Gasteiger partial charge on any atom is 0.190 e. The zero-order valence-electron chi connectivity index (χ0n) is 12.8. The van der Waals surface area contributed by atoms with Crippen LogP contribution in [0, 0.1) is 11.3 Å². The number of thioether (sulfide) groups is 1. The normalized spacial score (nSPS) is 13.6. The fraction of sp³-hybridized carbons (Fsp3) is 0.353. The molecule has 1 fully saturated rings. The predicted molar refractivity (Wildman–Crippen MR) is 94.9 cm³/mol. The summed E-state index contributed by atoms with van der Waals surface area (Å²) in [6, 6.07) is 10.1. The topological polar surface area (TPSA) is 61.6 Å². The highest BCUT2D eigenvalue weighted by Crippen LogP contribution is 2.32. The Bertz CT molecular complexity index is 735. The van der Waals surface area contributed by atoms with Gasteiger partial charge in [0.05, 0.1) is 5.69 Å². The van der Waals surface area contributed by atoms with Crippen molar-refractivity contribution in [2.45, 2.75) is 37.4 Å². The Kier molecular flexibility index (Phi) is 5.04. The molecule has 118 valence electrons. The molecule has 0 unspecified atom stereocenters. The highest BCUT2D eigenvalue weighted by molar-refractivity contribution is 7.99. The Labute approximate surface area is 145 Å². The molecule has 0 bridgehead atoms. The van der Waals surface area contributed by atoms with E-state index in [0.29, 0.717) is 33.3 Å². The average molecular weight is 345 g/mol. The highest BCUT2D eigenvalue weighted by atomic mass is 35.5. The van der Waals surface area contributed by atoms with Crippen LogP contribution >= 0.6 is 23.4 Å². The maximum absolute atomic E-state index is 9.61. The molecule has 1 aliphatic carbocycles. The van der Waals surface area contributed by atoms with Gasteiger partial charge in [0.15, 0.2) is 5.16 Å². The summed E-state index contributed by atoms with van der Waals surface area (Å²) in [5, 5.41) is 14.3. The van der Waals surface area contributed by atoms with Gasteiger partial charge in [0.1, 0.15) is 17.5 Å². The number of nitrogens with one attached hydrogen (secondary N) is 1. The molecule has 0 spiro atoms. The second-order valence-corrected chi connectivity index (χ2v) is 6.96. The molecule has 0 atom stereocenters. The molecule has 6 heteroatoms. The molecule has 23 heavy (non-hydrogen) atoms. The van der Waals surface area contributed by atoms with E-state index in [1.807, 2.05) is 24.3 Å². The lowest BCUT2D eigenvalue weighted by Gasteiger charge is -2.12. The van der Waals surface area contributed by atoms with Crippen LogP contribution in [-0.2, 0) is 0 Å². The van der Waals surface area contributed by atoms with Crippen LogP contribution in [0.4, 0.5) is 5.82 Å². The molecule has 1 N–H and O–H groups in total. The Morgan fingerprint density at radius 1 is 1.30 bits per heavy atom. The lowest BCUT2D eigenvalue weighted by Crippen LogP contribution is -2.08. The van der Waals surface area contributed by atoms with Gasteiger partial charge >= 0.3 is 0 Å². The van der Waals surface area contributed by atoms with E-state index in [9.17, 15) is 5.26 Å². The van der Waals surface area contributed by atoms with Crippen molar-refractivity contribution in [1.29, 1.82) is 5.26 Å². The van der Waals surface area contributed by atoms with Crippen molar-refractivity contribution in [3.05, 3.63) is 34.9 Å². The molecule has 0 radical (unpaired) electrons. The molecule has 0 saturated heterocycles. The smallest absolute Gasteiger partial charge is 0.190 e. The van der Waals surface area contributed by atoms with Gasteiger partial charge in [0.25, 0.3) is 0 Å². The quantitative estimate of drug-likeness (QED) is 0.605. The van der Waals surface area contributed by atoms with Crippen molar-refractivity contribution in [3.63, 3.8) is 0 Å². The number of benzene rings is 1. The van der Waals surface area contributed by atoms with Gasteiger partial charge in [-0.05, 0) is 31.4 Å². The van der Waals surface area contributed by atoms with Gasteiger partial charge in [-0.25, -0.2) is 9.97 Å². The summed E-state index contributed by atoms with van der Waals surface area (Å²) in [6.07, 6.45) is 3.31. The van der Waals surface area contributed by atoms with Crippen LogP contribution in [0.2, 0.25) is 5.02 Å². The molecule has 1 aromatic heterocycles. The van der Waals surface area contributed by atoms with E-state index in [-0.39, 0.29) is 0 Å². The molecular weight excluding hydrogens is 328 g/mol. The lowest BCUT2D eigenvalue weighted by atomic mass is 10.1. The fourth-order valence-electron chi connectivity index (χ4n) is 2.15. The molecule has 1 aromatic carbocycles. The van der Waals surface area contributed by atoms with Crippen LogP contribution < -0.4 is 5.32 Å². The number of hydrogen-bond acceptors (Lipinski definition) is 5. The summed E-state index contributed by atoms with van der Waals surface area (Å²) in [7, 11) is 0. The van der Waals surface area contributed by atoms with Crippen LogP contribution in [0.5, 0.6) is 0 Å². The highest BCUT2D eigenvalue weighted by Gasteiger charge is 2.25. The second kappa shape index (κ2) is 7.20. The third-order valence-electron chi connectivity index (χ3n) is 3.47. The van der Waals surface area contributed by atoms with E-state index in [0.717, 1.165) is 30.6 Å². The minimum atomic E-state index is 0.430. The molecule has 2 aromatic rings. The number of aromatic nitrogens is 2. The third-order valence-corrected chi connectivity index (χ3v) is 4.78. The second-order valence-electron chi connectivity index (χ2n) is 5.46. The van der Waals surface area contributed by atoms with Crippen molar-refractivity contribution in [2.24, 2.45) is 0 Å². The van der Waals surface area contributed by atoms with Crippen molar-refractivity contribution in [2.75, 3.05) is 11.1 Å². The maximum atomic E-state index is 9.61. The number of halogens is 1. The van der Waals surface area contributed by atoms with Crippen LogP contribution in [0.3, 0.4) is 0 Å². The van der Waals surface area contributed by atoms with Crippen molar-refractivity contribution in [1.82, 2.24) is 9.97 Å². The predicted octanol–water partition coefficient (Wildman–Crippen LogP) is 4.75. The molecule has 1 saturated carbocycles. The van der Waals surface area contributed by atoms with Crippen LogP contribution in [0.25, 0.3) is 11.3 Å². The SMILES string of the molecule is CCCSc1nc(NC2CC2)c(C#N)c(-c2ccc(Cl)cc2)n1. The Hall–Kier alpha value is -1.77. The summed E-state index contributed by atoms with van der Waals surface area (Å²) in [5.74, 6) is 1.60. The molecule has 0 amide bonds. The number of hydrogen-bond donors (Lipinski definition) is 1. The number of rotatable bonds is 6. The van der Waals surface area contributed by atoms with E-state index in [1.165, 1.54) is 0 Å². The summed E-state index contributed by atoms with van der Waals surface area (Å²) in [5.41, 5.74) is 2.05. The van der Waals surface area contributed by atoms with E-state index in [2.05, 4.69) is 28.3 Å². The molecule has 1 aliphatic rings. The largest absolute Gasteiger partial charge is 0.366 e. The Morgan fingerprint density at radius 3 is 2.65 bits per heavy atom. The van der Waals surface area contributed by atoms with Crippen LogP contribution in [0.15, 0.2) is 29.4 Å². The standard InChI is InChI=1S/C17H17ClN4S/c1-2-9-23-17-21-15(11-3-5-12(18)6-4-11)14(10-19)16(22-17)20-13-7-8-13/h3-6,13H,2,7-9H2,1H3,(H,20,21,22). The van der Waals surface area contributed by atoms with Crippen molar-refractivity contribution < 1.29 is 0 Å². The van der Waals surface area contributed by atoms with E-state index in [4.69, 9.17) is 11.6 Å². The molecule has 3 rings (SSSR count). The van der Waals surface area contributed by atoms with E-state index >= 15 is 0 Å². The van der Waals surface area contributed by atoms with Gasteiger partial charge in [-0.1, -0.05) is 42.4 Å². The first-order valence-electron chi connectivity index (χ1n) is 7.68. The van der Waals surface area contributed by atoms with Crippen LogP contribution in [-0.4, -0.2) is 21.8 Å². The first-order chi connectivity index (χ1) is 11.2. The zero-order valence-corrected chi connectivity index (χ0v) is 14.4. The number of nitrogens with zero attached hydrogens (tertiary/aromatic N) is 3. The fourth-order valence-corrected chi connectivity index (χ4v) is 2.97. The summed E-state index contributed by atoms with van der Waals surface area (Å²) in [4.78, 5) is 9.17. The van der Waals surface area contributed by atoms with Gasteiger partial charge < -0.3 is 5.32 Å². The van der Waals surface area contributed by atoms with Crippen molar-refractivity contribution in [3.8, 4) is 17.3 Å². The van der Waals surface area contributed by atoms with Gasteiger partial charge in [-0.15, -0.1) is 0 Å². The van der Waals surface area contributed by atoms with Gasteiger partial charge in [-0.3, -0.25) is 0 Å². The van der Waals surface area contributed by atoms with Crippen LogP contribution in [0.1, 0.15) is 31.7 Å². The van der Waals surface area contributed by atoms with Crippen molar-refractivity contribution >= 4 is 29.2 Å². The number of anilines is 1. The minimum absolute atomic E-state index is 0.430. The molecule has 1 heterocycles. The molecular formula is C17H17ClN4S. The minimum Gasteiger partial charge on any atom is -0.366 e. The summed E-state index contributed by atoms with van der Waals surface area (Å²) >= 11 is 7.58. The Morgan fingerprint density at radius 2 is 2.04 bits per heavy atom. The third kappa shape index (κ3) is 3.95. The molecule has 0 aliphatic heterocycles. The summed E-state index contributed by atoms with van der Waals surface area (Å²) < 4.78 is 0. The zero-order chi connectivity index (χ0) is 16.2. The lowest BCUT2D eigenvalue weighted by molar-refractivity contribution is 0.947. The monoisotopic (exact) mass is 344 g/mol. The molecule has 4 nitrogen and oxygen atoms in total. The summed E-state index contributed by atoms with van der Waals surface area (Å²) in [6.45, 7) is 2.13. The van der Waals surface area contributed by atoms with E-state index < -0.39 is 0 Å². The number of nitriles is 1. The van der Waals surface area contributed by atoms with E-state index in [1.54, 1.807) is 11.8 Å². The average Bonchev–Trinajstić information content (AvgIpc) is 3.37.